The quantitative estimate of drug-likeness (QED) is 0.454. The van der Waals surface area contributed by atoms with Crippen molar-refractivity contribution >= 4 is 5.97 Å². The van der Waals surface area contributed by atoms with E-state index < -0.39 is 11.4 Å². The van der Waals surface area contributed by atoms with Crippen LogP contribution in [0.5, 0.6) is 0 Å². The third kappa shape index (κ3) is 1.44. The second kappa shape index (κ2) is 3.61. The van der Waals surface area contributed by atoms with Crippen LogP contribution in [0.2, 0.25) is 0 Å². The van der Waals surface area contributed by atoms with Gasteiger partial charge >= 0.3 is 5.97 Å². The predicted octanol–water partition coefficient (Wildman–Crippen LogP) is 1.66. The summed E-state index contributed by atoms with van der Waals surface area (Å²) >= 11 is 0. The molecular weight excluding hydrogens is 166 g/mol. The van der Waals surface area contributed by atoms with Gasteiger partial charge in [0.15, 0.2) is 5.41 Å². The Bertz CT molecular complexity index is 277. The van der Waals surface area contributed by atoms with Crippen LogP contribution in [0.1, 0.15) is 19.8 Å². The van der Waals surface area contributed by atoms with Crippen molar-refractivity contribution < 1.29 is 9.53 Å². The van der Waals surface area contributed by atoms with Crippen molar-refractivity contribution in [3.63, 3.8) is 0 Å². The Balaban J connectivity index is 2.99. The normalized spacial score (nSPS) is 32.2. The topological polar surface area (TPSA) is 50.1 Å². The fourth-order valence-corrected chi connectivity index (χ4v) is 1.64. The van der Waals surface area contributed by atoms with E-state index in [-0.39, 0.29) is 5.92 Å². The molecule has 0 amide bonds. The first-order valence-corrected chi connectivity index (χ1v) is 4.32. The van der Waals surface area contributed by atoms with Gasteiger partial charge in [-0.1, -0.05) is 19.1 Å². The zero-order valence-electron chi connectivity index (χ0n) is 7.91. The molecule has 1 aliphatic rings. The SMILES string of the molecule is COC(=O)[C@@]1(C#N)CC=CC[C@@H]1C. The van der Waals surface area contributed by atoms with Gasteiger partial charge in [-0.15, -0.1) is 0 Å². The van der Waals surface area contributed by atoms with E-state index in [2.05, 4.69) is 10.8 Å². The number of allylic oxidation sites excluding steroid dienone is 2. The van der Waals surface area contributed by atoms with Gasteiger partial charge in [0.2, 0.25) is 0 Å². The number of hydrogen-bond acceptors (Lipinski definition) is 3. The molecule has 1 rings (SSSR count). The average Bonchev–Trinajstić information content (AvgIpc) is 2.18. The number of nitrogens with zero attached hydrogens (tertiary/aromatic N) is 1. The van der Waals surface area contributed by atoms with E-state index in [1.807, 2.05) is 19.1 Å². The molecule has 0 bridgehead atoms. The number of hydrogen-bond donors (Lipinski definition) is 0. The zero-order valence-corrected chi connectivity index (χ0v) is 7.91. The van der Waals surface area contributed by atoms with Gasteiger partial charge in [-0.2, -0.15) is 5.26 Å². The van der Waals surface area contributed by atoms with Gasteiger partial charge in [-0.3, -0.25) is 4.79 Å². The van der Waals surface area contributed by atoms with Crippen molar-refractivity contribution in [3.8, 4) is 6.07 Å². The number of carbonyl (C=O) groups excluding carboxylic acids is 1. The molecule has 0 aromatic heterocycles. The highest BCUT2D eigenvalue weighted by atomic mass is 16.5. The maximum Gasteiger partial charge on any atom is 0.326 e. The highest BCUT2D eigenvalue weighted by molar-refractivity contribution is 5.80. The van der Waals surface area contributed by atoms with Gasteiger partial charge in [-0.25, -0.2) is 0 Å². The molecule has 3 heteroatoms. The summed E-state index contributed by atoms with van der Waals surface area (Å²) in [5.41, 5.74) is -0.955. The van der Waals surface area contributed by atoms with Crippen molar-refractivity contribution in [1.82, 2.24) is 0 Å². The first-order chi connectivity index (χ1) is 6.17. The molecule has 0 fully saturated rings. The van der Waals surface area contributed by atoms with Gasteiger partial charge in [0, 0.05) is 0 Å². The Morgan fingerprint density at radius 3 is 2.85 bits per heavy atom. The summed E-state index contributed by atoms with van der Waals surface area (Å²) in [6, 6.07) is 2.09. The number of ether oxygens (including phenoxy) is 1. The monoisotopic (exact) mass is 179 g/mol. The average molecular weight is 179 g/mol. The van der Waals surface area contributed by atoms with Gasteiger partial charge in [0.25, 0.3) is 0 Å². The van der Waals surface area contributed by atoms with Crippen LogP contribution >= 0.6 is 0 Å². The minimum Gasteiger partial charge on any atom is -0.468 e. The van der Waals surface area contributed by atoms with E-state index >= 15 is 0 Å². The lowest BCUT2D eigenvalue weighted by molar-refractivity contribution is -0.152. The Labute approximate surface area is 78.0 Å². The summed E-state index contributed by atoms with van der Waals surface area (Å²) in [5.74, 6) is -0.373. The van der Waals surface area contributed by atoms with Crippen LogP contribution in [-0.4, -0.2) is 13.1 Å². The Morgan fingerprint density at radius 1 is 1.69 bits per heavy atom. The lowest BCUT2D eigenvalue weighted by atomic mass is 9.70. The van der Waals surface area contributed by atoms with Gasteiger partial charge in [-0.05, 0) is 18.8 Å². The molecule has 0 radical (unpaired) electrons. The third-order valence-electron chi connectivity index (χ3n) is 2.69. The van der Waals surface area contributed by atoms with E-state index in [0.717, 1.165) is 6.42 Å². The summed E-state index contributed by atoms with van der Waals surface area (Å²) in [7, 11) is 1.33. The van der Waals surface area contributed by atoms with Gasteiger partial charge in [0.1, 0.15) is 0 Å². The summed E-state index contributed by atoms with van der Waals surface area (Å²) in [4.78, 5) is 11.5. The summed E-state index contributed by atoms with van der Waals surface area (Å²) < 4.78 is 4.66. The minimum absolute atomic E-state index is 0.0370. The van der Waals surface area contributed by atoms with Crippen molar-refractivity contribution in [3.05, 3.63) is 12.2 Å². The molecule has 0 spiro atoms. The smallest absolute Gasteiger partial charge is 0.326 e. The summed E-state index contributed by atoms with van der Waals surface area (Å²) in [6.07, 6.45) is 5.11. The van der Waals surface area contributed by atoms with Crippen molar-refractivity contribution in [2.24, 2.45) is 11.3 Å². The number of rotatable bonds is 1. The second-order valence-corrected chi connectivity index (χ2v) is 3.39. The van der Waals surface area contributed by atoms with E-state index in [0.29, 0.717) is 6.42 Å². The van der Waals surface area contributed by atoms with Crippen molar-refractivity contribution in [1.29, 1.82) is 5.26 Å². The van der Waals surface area contributed by atoms with E-state index in [1.54, 1.807) is 0 Å². The molecule has 0 aromatic carbocycles. The predicted molar refractivity (Wildman–Crippen MR) is 47.6 cm³/mol. The van der Waals surface area contributed by atoms with Crippen LogP contribution in [0.3, 0.4) is 0 Å². The number of carbonyl (C=O) groups is 1. The first-order valence-electron chi connectivity index (χ1n) is 4.32. The molecule has 0 aromatic rings. The van der Waals surface area contributed by atoms with Gasteiger partial charge in [0.05, 0.1) is 13.2 Å². The zero-order chi connectivity index (χ0) is 9.90. The summed E-state index contributed by atoms with van der Waals surface area (Å²) in [5, 5.41) is 9.03. The molecule has 70 valence electrons. The molecule has 0 saturated heterocycles. The number of methoxy groups -OCH3 is 1. The maximum absolute atomic E-state index is 11.5. The molecule has 0 heterocycles. The van der Waals surface area contributed by atoms with E-state index in [4.69, 9.17) is 5.26 Å². The van der Waals surface area contributed by atoms with Crippen molar-refractivity contribution in [2.45, 2.75) is 19.8 Å². The highest BCUT2D eigenvalue weighted by Crippen LogP contribution is 2.38. The molecule has 1 aliphatic carbocycles. The Kier molecular flexibility index (Phi) is 2.72. The lowest BCUT2D eigenvalue weighted by Crippen LogP contribution is -2.38. The number of nitriles is 1. The second-order valence-electron chi connectivity index (χ2n) is 3.39. The molecule has 13 heavy (non-hydrogen) atoms. The molecule has 0 aliphatic heterocycles. The first kappa shape index (κ1) is 9.79. The van der Waals surface area contributed by atoms with Crippen LogP contribution < -0.4 is 0 Å². The van der Waals surface area contributed by atoms with Crippen LogP contribution in [0.15, 0.2) is 12.2 Å². The largest absolute Gasteiger partial charge is 0.468 e. The maximum atomic E-state index is 11.5. The Hall–Kier alpha value is -1.30. The van der Waals surface area contributed by atoms with Gasteiger partial charge < -0.3 is 4.74 Å². The minimum atomic E-state index is -0.955. The Morgan fingerprint density at radius 2 is 2.38 bits per heavy atom. The highest BCUT2D eigenvalue weighted by Gasteiger charge is 2.45. The fraction of sp³-hybridized carbons (Fsp3) is 0.600. The fourth-order valence-electron chi connectivity index (χ4n) is 1.64. The van der Waals surface area contributed by atoms with E-state index in [1.165, 1.54) is 7.11 Å². The standard InChI is InChI=1S/C10H13NO2/c1-8-5-3-4-6-10(8,7-11)9(12)13-2/h3-4,8H,5-6H2,1-2H3/t8-,10+/m0/s1. The summed E-state index contributed by atoms with van der Waals surface area (Å²) in [6.45, 7) is 1.91. The van der Waals surface area contributed by atoms with Crippen LogP contribution in [0, 0.1) is 22.7 Å². The molecule has 0 N–H and O–H groups in total. The number of esters is 1. The van der Waals surface area contributed by atoms with E-state index in [9.17, 15) is 4.79 Å². The van der Waals surface area contributed by atoms with Crippen LogP contribution in [0.4, 0.5) is 0 Å². The molecule has 0 saturated carbocycles. The van der Waals surface area contributed by atoms with Crippen LogP contribution in [0.25, 0.3) is 0 Å². The third-order valence-corrected chi connectivity index (χ3v) is 2.69. The lowest BCUT2D eigenvalue weighted by Gasteiger charge is -2.30. The van der Waals surface area contributed by atoms with Crippen molar-refractivity contribution in [2.75, 3.05) is 7.11 Å². The molecular formula is C10H13NO2. The van der Waals surface area contributed by atoms with Crippen LogP contribution in [-0.2, 0) is 9.53 Å². The molecule has 2 atom stereocenters. The molecule has 3 nitrogen and oxygen atoms in total. The molecule has 0 unspecified atom stereocenters.